The Kier molecular flexibility index (Phi) is 6.21. The van der Waals surface area contributed by atoms with E-state index in [1.54, 1.807) is 0 Å². The number of aliphatic carboxylic acids is 2. The number of hydrogen-bond acceptors (Lipinski definition) is 8. The van der Waals surface area contributed by atoms with Gasteiger partial charge in [-0.1, -0.05) is 0 Å². The van der Waals surface area contributed by atoms with Crippen molar-refractivity contribution in [2.75, 3.05) is 26.2 Å². The molecule has 28 heavy (non-hydrogen) atoms. The first-order valence-corrected chi connectivity index (χ1v) is 9.37. The van der Waals surface area contributed by atoms with Gasteiger partial charge >= 0.3 is 19.1 Å². The van der Waals surface area contributed by atoms with E-state index in [-0.39, 0.29) is 18.5 Å². The predicted octanol–water partition coefficient (Wildman–Crippen LogP) is -1.78. The first-order chi connectivity index (χ1) is 13.3. The largest absolute Gasteiger partial charge is 0.552 e. The highest BCUT2D eigenvalue weighted by molar-refractivity contribution is 6.50. The third-order valence-corrected chi connectivity index (χ3v) is 5.38. The summed E-state index contributed by atoms with van der Waals surface area (Å²) in [5.74, 6) is -4.63. The molecule has 0 aromatic rings. The van der Waals surface area contributed by atoms with Crippen molar-refractivity contribution in [2.24, 2.45) is 0 Å². The Hall–Kier alpha value is -2.18. The van der Waals surface area contributed by atoms with Crippen LogP contribution in [0, 0.1) is 0 Å². The van der Waals surface area contributed by atoms with Gasteiger partial charge in [0.2, 0.25) is 5.91 Å². The van der Waals surface area contributed by atoms with Gasteiger partial charge in [0.25, 0.3) is 5.97 Å². The van der Waals surface area contributed by atoms with E-state index in [1.807, 2.05) is 0 Å². The fraction of sp³-hybridized carbons (Fsp3) is 0.750. The molecule has 1 amide bonds. The van der Waals surface area contributed by atoms with Crippen LogP contribution < -0.4 is 10.6 Å². The lowest BCUT2D eigenvalue weighted by molar-refractivity contribution is -0.175. The molecule has 0 radical (unpaired) electrons. The van der Waals surface area contributed by atoms with Crippen molar-refractivity contribution in [3.05, 3.63) is 0 Å². The molecule has 0 aromatic heterocycles. The molecular weight excluding hydrogens is 373 g/mol. The van der Waals surface area contributed by atoms with Crippen molar-refractivity contribution in [3.8, 4) is 0 Å². The Labute approximate surface area is 161 Å². The molecule has 1 unspecified atom stereocenters. The van der Waals surface area contributed by atoms with Gasteiger partial charge in [0.1, 0.15) is 0 Å². The summed E-state index contributed by atoms with van der Waals surface area (Å²) in [7, 11) is -1.31. The van der Waals surface area contributed by atoms with Crippen LogP contribution >= 0.6 is 0 Å². The minimum absolute atomic E-state index is 0.114. The number of nitrogens with zero attached hydrogens (tertiary/aromatic N) is 1. The van der Waals surface area contributed by atoms with Gasteiger partial charge in [0.05, 0.1) is 25.3 Å². The highest BCUT2D eigenvalue weighted by Crippen LogP contribution is 2.32. The molecule has 3 aliphatic rings. The molecule has 3 rings (SSSR count). The SMILES string of the molecule is O=C(O)CC1(C(=O)O)CC(=O)OB([C@@H]2CCCN2C(=O)CN[C@@H]2CCNC2)O1. The Balaban J connectivity index is 1.69. The van der Waals surface area contributed by atoms with E-state index in [0.717, 1.165) is 19.5 Å². The van der Waals surface area contributed by atoms with Crippen LogP contribution in [0.4, 0.5) is 0 Å². The van der Waals surface area contributed by atoms with Crippen LogP contribution in [0.15, 0.2) is 0 Å². The molecule has 0 bridgehead atoms. The van der Waals surface area contributed by atoms with Gasteiger partial charge < -0.3 is 35.1 Å². The second-order valence-corrected chi connectivity index (χ2v) is 7.39. The average molecular weight is 397 g/mol. The summed E-state index contributed by atoms with van der Waals surface area (Å²) in [5, 5.41) is 24.9. The molecule has 3 saturated heterocycles. The summed E-state index contributed by atoms with van der Waals surface area (Å²) in [6.07, 6.45) is 0.485. The summed E-state index contributed by atoms with van der Waals surface area (Å²) in [4.78, 5) is 49.0. The summed E-state index contributed by atoms with van der Waals surface area (Å²) >= 11 is 0. The Bertz CT molecular complexity index is 652. The topological polar surface area (TPSA) is 154 Å². The lowest BCUT2D eigenvalue weighted by Gasteiger charge is -2.38. The maximum atomic E-state index is 12.6. The van der Waals surface area contributed by atoms with Crippen molar-refractivity contribution < 1.29 is 38.7 Å². The van der Waals surface area contributed by atoms with Gasteiger partial charge in [0.15, 0.2) is 5.60 Å². The molecule has 12 heteroatoms. The molecule has 3 heterocycles. The lowest BCUT2D eigenvalue weighted by Crippen LogP contribution is -2.61. The summed E-state index contributed by atoms with van der Waals surface area (Å²) in [6.45, 7) is 2.23. The minimum Gasteiger partial charge on any atom is -0.508 e. The van der Waals surface area contributed by atoms with E-state index in [9.17, 15) is 24.3 Å². The maximum Gasteiger partial charge on any atom is 0.552 e. The number of likely N-dealkylation sites (tertiary alicyclic amines) is 1. The first-order valence-electron chi connectivity index (χ1n) is 9.37. The Morgan fingerprint density at radius 2 is 2.11 bits per heavy atom. The van der Waals surface area contributed by atoms with Gasteiger partial charge in [-0.05, 0) is 25.8 Å². The van der Waals surface area contributed by atoms with Crippen LogP contribution in [-0.2, 0) is 28.5 Å². The number of carboxylic acid groups (broad SMARTS) is 2. The summed E-state index contributed by atoms with van der Waals surface area (Å²) < 4.78 is 10.7. The van der Waals surface area contributed by atoms with Crippen LogP contribution in [0.25, 0.3) is 0 Å². The van der Waals surface area contributed by atoms with E-state index < -0.39 is 49.4 Å². The number of carbonyl (C=O) groups excluding carboxylic acids is 2. The van der Waals surface area contributed by atoms with Crippen LogP contribution in [0.2, 0.25) is 0 Å². The van der Waals surface area contributed by atoms with Crippen molar-refractivity contribution in [1.82, 2.24) is 15.5 Å². The molecule has 3 fully saturated rings. The molecule has 11 nitrogen and oxygen atoms in total. The third-order valence-electron chi connectivity index (χ3n) is 5.38. The molecule has 0 aromatic carbocycles. The zero-order valence-electron chi connectivity index (χ0n) is 15.4. The van der Waals surface area contributed by atoms with Crippen LogP contribution in [-0.4, -0.2) is 89.8 Å². The van der Waals surface area contributed by atoms with E-state index in [2.05, 4.69) is 10.6 Å². The lowest BCUT2D eigenvalue weighted by atomic mass is 9.72. The van der Waals surface area contributed by atoms with E-state index in [1.165, 1.54) is 4.90 Å². The van der Waals surface area contributed by atoms with Crippen LogP contribution in [0.1, 0.15) is 32.1 Å². The molecule has 0 saturated carbocycles. The van der Waals surface area contributed by atoms with Gasteiger partial charge in [-0.15, -0.1) is 0 Å². The van der Waals surface area contributed by atoms with Crippen molar-refractivity contribution in [2.45, 2.75) is 49.7 Å². The van der Waals surface area contributed by atoms with Crippen molar-refractivity contribution in [1.29, 1.82) is 0 Å². The van der Waals surface area contributed by atoms with E-state index in [4.69, 9.17) is 14.4 Å². The molecule has 3 aliphatic heterocycles. The Morgan fingerprint density at radius 3 is 2.75 bits per heavy atom. The number of rotatable bonds is 7. The molecule has 0 aliphatic carbocycles. The molecular formula is C16H24BN3O8. The van der Waals surface area contributed by atoms with Crippen LogP contribution in [0.5, 0.6) is 0 Å². The molecule has 0 spiro atoms. The zero-order valence-corrected chi connectivity index (χ0v) is 15.4. The predicted molar refractivity (Wildman–Crippen MR) is 94.2 cm³/mol. The average Bonchev–Trinajstić information content (AvgIpc) is 3.30. The summed E-state index contributed by atoms with van der Waals surface area (Å²) in [5.41, 5.74) is -2.20. The number of carbonyl (C=O) groups is 4. The smallest absolute Gasteiger partial charge is 0.508 e. The van der Waals surface area contributed by atoms with Gasteiger partial charge in [-0.25, -0.2) is 4.79 Å². The monoisotopic (exact) mass is 397 g/mol. The second-order valence-electron chi connectivity index (χ2n) is 7.39. The van der Waals surface area contributed by atoms with E-state index >= 15 is 0 Å². The normalized spacial score (nSPS) is 30.4. The quantitative estimate of drug-likeness (QED) is 0.362. The number of hydrogen-bond donors (Lipinski definition) is 4. The van der Waals surface area contributed by atoms with Crippen LogP contribution in [0.3, 0.4) is 0 Å². The first kappa shape index (κ1) is 20.6. The number of amides is 1. The van der Waals surface area contributed by atoms with Gasteiger partial charge in [0, 0.05) is 19.1 Å². The molecule has 154 valence electrons. The van der Waals surface area contributed by atoms with Gasteiger partial charge in [-0.3, -0.25) is 14.4 Å². The minimum atomic E-state index is -2.20. The second kappa shape index (κ2) is 8.45. The number of nitrogens with one attached hydrogen (secondary N) is 2. The standard InChI is InChI=1S/C16H24BN3O8/c21-12(9-19-10-3-4-18-8-10)20-5-1-2-11(20)17-27-14(24)7-16(28-17,15(25)26)6-13(22)23/h10-11,18-19H,1-9H2,(H,22,23)(H,25,26)/t10-,11+,16?/m1/s1. The summed E-state index contributed by atoms with van der Waals surface area (Å²) in [6, 6.07) is 0.212. The Morgan fingerprint density at radius 1 is 1.32 bits per heavy atom. The van der Waals surface area contributed by atoms with Gasteiger partial charge in [-0.2, -0.15) is 0 Å². The highest BCUT2D eigenvalue weighted by Gasteiger charge is 2.56. The third kappa shape index (κ3) is 4.45. The molecule has 4 N–H and O–H groups in total. The van der Waals surface area contributed by atoms with Crippen molar-refractivity contribution >= 4 is 30.9 Å². The fourth-order valence-electron chi connectivity index (χ4n) is 3.95. The van der Waals surface area contributed by atoms with E-state index in [0.29, 0.717) is 19.4 Å². The zero-order chi connectivity index (χ0) is 20.3. The highest BCUT2D eigenvalue weighted by atomic mass is 16.6. The van der Waals surface area contributed by atoms with Crippen molar-refractivity contribution in [3.63, 3.8) is 0 Å². The number of carboxylic acids is 2. The maximum absolute atomic E-state index is 12.6. The molecule has 3 atom stereocenters. The fourth-order valence-corrected chi connectivity index (χ4v) is 3.95.